The lowest BCUT2D eigenvalue weighted by Crippen LogP contribution is -2.04. The molecule has 0 saturated heterocycles. The minimum atomic E-state index is -0.203. The van der Waals surface area contributed by atoms with E-state index in [2.05, 4.69) is 9.97 Å². The molecule has 0 amide bonds. The largest absolute Gasteiger partial charge is 0.298 e. The second-order valence-corrected chi connectivity index (χ2v) is 3.16. The van der Waals surface area contributed by atoms with Gasteiger partial charge in [-0.3, -0.25) is 14.6 Å². The maximum Gasteiger partial charge on any atom is 0.212 e. The normalized spacial score (nSPS) is 9.75. The van der Waals surface area contributed by atoms with Crippen LogP contribution in [0.1, 0.15) is 26.4 Å². The molecule has 1 heterocycles. The molecular formula is C12H8N2O2. The highest BCUT2D eigenvalue weighted by atomic mass is 16.1. The van der Waals surface area contributed by atoms with Crippen molar-refractivity contribution in [2.75, 3.05) is 0 Å². The summed E-state index contributed by atoms with van der Waals surface area (Å²) in [6, 6.07) is 6.38. The van der Waals surface area contributed by atoms with Crippen LogP contribution in [0.25, 0.3) is 0 Å². The predicted octanol–water partition coefficient (Wildman–Crippen LogP) is 1.52. The second kappa shape index (κ2) is 4.44. The van der Waals surface area contributed by atoms with E-state index < -0.39 is 0 Å². The minimum absolute atomic E-state index is 0.203. The van der Waals surface area contributed by atoms with Crippen LogP contribution in [0.3, 0.4) is 0 Å². The lowest BCUT2D eigenvalue weighted by Gasteiger charge is -1.99. The summed E-state index contributed by atoms with van der Waals surface area (Å²) in [6.07, 6.45) is 5.12. The quantitative estimate of drug-likeness (QED) is 0.571. The third-order valence-electron chi connectivity index (χ3n) is 2.10. The average Bonchev–Trinajstić information content (AvgIpc) is 2.39. The highest BCUT2D eigenvalue weighted by Crippen LogP contribution is 2.07. The standard InChI is InChI=1S/C12H8N2O2/c15-8-9-1-3-10(4-2-9)12(16)11-7-13-5-6-14-11/h1-8H. The molecule has 2 aromatic rings. The Balaban J connectivity index is 2.31. The lowest BCUT2D eigenvalue weighted by molar-refractivity contribution is 0.103. The Bertz CT molecular complexity index is 506. The SMILES string of the molecule is O=Cc1ccc(C(=O)c2cnccn2)cc1. The first kappa shape index (κ1) is 10.2. The van der Waals surface area contributed by atoms with Crippen molar-refractivity contribution in [2.24, 2.45) is 0 Å². The monoisotopic (exact) mass is 212 g/mol. The van der Waals surface area contributed by atoms with Gasteiger partial charge in [0.2, 0.25) is 5.78 Å². The zero-order chi connectivity index (χ0) is 11.4. The fourth-order valence-corrected chi connectivity index (χ4v) is 1.28. The van der Waals surface area contributed by atoms with Crippen LogP contribution in [0.5, 0.6) is 0 Å². The fraction of sp³-hybridized carbons (Fsp3) is 0. The van der Waals surface area contributed by atoms with Gasteiger partial charge in [-0.25, -0.2) is 4.98 Å². The van der Waals surface area contributed by atoms with E-state index in [1.54, 1.807) is 24.3 Å². The number of benzene rings is 1. The molecule has 0 aliphatic carbocycles. The summed E-state index contributed by atoms with van der Waals surface area (Å²) in [4.78, 5) is 30.0. The third kappa shape index (κ3) is 2.00. The van der Waals surface area contributed by atoms with Gasteiger partial charge in [-0.15, -0.1) is 0 Å². The molecular weight excluding hydrogens is 204 g/mol. The number of rotatable bonds is 3. The predicted molar refractivity (Wildman–Crippen MR) is 57.3 cm³/mol. The van der Waals surface area contributed by atoms with Crippen LogP contribution in [0, 0.1) is 0 Å². The van der Waals surface area contributed by atoms with Crippen LogP contribution in [0.4, 0.5) is 0 Å². The van der Waals surface area contributed by atoms with Gasteiger partial charge in [0, 0.05) is 23.5 Å². The molecule has 0 fully saturated rings. The number of hydrogen-bond donors (Lipinski definition) is 0. The summed E-state index contributed by atoms with van der Waals surface area (Å²) in [5.41, 5.74) is 1.32. The van der Waals surface area contributed by atoms with E-state index in [9.17, 15) is 9.59 Å². The van der Waals surface area contributed by atoms with Crippen molar-refractivity contribution in [2.45, 2.75) is 0 Å². The molecule has 0 spiro atoms. The number of nitrogens with zero attached hydrogens (tertiary/aromatic N) is 2. The van der Waals surface area contributed by atoms with Gasteiger partial charge in [0.25, 0.3) is 0 Å². The molecule has 0 bridgehead atoms. The Hall–Kier alpha value is -2.36. The Morgan fingerprint density at radius 3 is 2.44 bits per heavy atom. The van der Waals surface area contributed by atoms with Crippen LogP contribution in [-0.2, 0) is 0 Å². The molecule has 1 aromatic carbocycles. The van der Waals surface area contributed by atoms with E-state index in [0.717, 1.165) is 6.29 Å². The van der Waals surface area contributed by atoms with Crippen molar-refractivity contribution < 1.29 is 9.59 Å². The summed E-state index contributed by atoms with van der Waals surface area (Å²) < 4.78 is 0. The number of aromatic nitrogens is 2. The average molecular weight is 212 g/mol. The van der Waals surface area contributed by atoms with Gasteiger partial charge in [-0.1, -0.05) is 24.3 Å². The van der Waals surface area contributed by atoms with Crippen LogP contribution in [-0.4, -0.2) is 22.0 Å². The fourth-order valence-electron chi connectivity index (χ4n) is 1.28. The third-order valence-corrected chi connectivity index (χ3v) is 2.10. The maximum absolute atomic E-state index is 11.9. The first-order valence-electron chi connectivity index (χ1n) is 4.67. The van der Waals surface area contributed by atoms with E-state index in [-0.39, 0.29) is 5.78 Å². The second-order valence-electron chi connectivity index (χ2n) is 3.16. The Morgan fingerprint density at radius 1 is 1.12 bits per heavy atom. The van der Waals surface area contributed by atoms with Gasteiger partial charge in [0.05, 0.1) is 6.20 Å². The summed E-state index contributed by atoms with van der Waals surface area (Å²) >= 11 is 0. The Labute approximate surface area is 92.0 Å². The van der Waals surface area contributed by atoms with Crippen molar-refractivity contribution >= 4 is 12.1 Å². The number of carbonyl (C=O) groups excluding carboxylic acids is 2. The maximum atomic E-state index is 11.9. The van der Waals surface area contributed by atoms with Crippen LogP contribution < -0.4 is 0 Å². The van der Waals surface area contributed by atoms with Gasteiger partial charge < -0.3 is 0 Å². The molecule has 0 N–H and O–H groups in total. The van der Waals surface area contributed by atoms with Gasteiger partial charge in [0.1, 0.15) is 12.0 Å². The molecule has 0 aliphatic rings. The molecule has 4 nitrogen and oxygen atoms in total. The van der Waals surface area contributed by atoms with Crippen molar-refractivity contribution in [3.63, 3.8) is 0 Å². The van der Waals surface area contributed by atoms with Crippen LogP contribution in [0.15, 0.2) is 42.9 Å². The van der Waals surface area contributed by atoms with Crippen molar-refractivity contribution in [1.29, 1.82) is 0 Å². The van der Waals surface area contributed by atoms with Crippen molar-refractivity contribution in [3.8, 4) is 0 Å². The molecule has 0 aliphatic heterocycles. The zero-order valence-electron chi connectivity index (χ0n) is 8.33. The molecule has 1 aromatic heterocycles. The van der Waals surface area contributed by atoms with E-state index in [1.807, 2.05) is 0 Å². The number of hydrogen-bond acceptors (Lipinski definition) is 4. The van der Waals surface area contributed by atoms with Crippen molar-refractivity contribution in [3.05, 3.63) is 59.7 Å². The first-order valence-corrected chi connectivity index (χ1v) is 4.67. The van der Waals surface area contributed by atoms with Gasteiger partial charge in [0.15, 0.2) is 0 Å². The van der Waals surface area contributed by atoms with Crippen LogP contribution >= 0.6 is 0 Å². The van der Waals surface area contributed by atoms with E-state index >= 15 is 0 Å². The smallest absolute Gasteiger partial charge is 0.212 e. The van der Waals surface area contributed by atoms with Crippen molar-refractivity contribution in [1.82, 2.24) is 9.97 Å². The van der Waals surface area contributed by atoms with E-state index in [1.165, 1.54) is 18.6 Å². The summed E-state index contributed by atoms with van der Waals surface area (Å²) in [5.74, 6) is -0.203. The minimum Gasteiger partial charge on any atom is -0.298 e. The molecule has 4 heteroatoms. The lowest BCUT2D eigenvalue weighted by atomic mass is 10.1. The number of carbonyl (C=O) groups is 2. The van der Waals surface area contributed by atoms with E-state index in [0.29, 0.717) is 16.8 Å². The molecule has 0 atom stereocenters. The Kier molecular flexibility index (Phi) is 2.82. The van der Waals surface area contributed by atoms with Gasteiger partial charge in [-0.05, 0) is 0 Å². The summed E-state index contributed by atoms with van der Waals surface area (Å²) in [5, 5.41) is 0. The highest BCUT2D eigenvalue weighted by molar-refractivity contribution is 6.07. The molecule has 0 saturated carbocycles. The molecule has 0 unspecified atom stereocenters. The topological polar surface area (TPSA) is 59.9 Å². The Morgan fingerprint density at radius 2 is 1.88 bits per heavy atom. The number of aldehydes is 1. The summed E-state index contributed by atoms with van der Waals surface area (Å²) in [6.45, 7) is 0. The van der Waals surface area contributed by atoms with Gasteiger partial charge >= 0.3 is 0 Å². The molecule has 2 rings (SSSR count). The van der Waals surface area contributed by atoms with Gasteiger partial charge in [-0.2, -0.15) is 0 Å². The summed E-state index contributed by atoms with van der Waals surface area (Å²) in [7, 11) is 0. The van der Waals surface area contributed by atoms with Crippen LogP contribution in [0.2, 0.25) is 0 Å². The first-order chi connectivity index (χ1) is 7.81. The highest BCUT2D eigenvalue weighted by Gasteiger charge is 2.09. The molecule has 0 radical (unpaired) electrons. The number of ketones is 1. The van der Waals surface area contributed by atoms with E-state index in [4.69, 9.17) is 0 Å². The molecule has 78 valence electrons. The molecule has 16 heavy (non-hydrogen) atoms. The zero-order valence-corrected chi connectivity index (χ0v) is 8.33.